The number of carbonyl (C=O) groups excluding carboxylic acids is 2. The van der Waals surface area contributed by atoms with E-state index in [1.165, 1.54) is 238 Å². The molecule has 0 saturated heterocycles. The number of carbonyl (C=O) groups is 2. The molecule has 1 amide bonds. The van der Waals surface area contributed by atoms with E-state index in [4.69, 9.17) is 4.74 Å². The van der Waals surface area contributed by atoms with Crippen molar-refractivity contribution in [1.82, 2.24) is 5.32 Å². The number of unbranched alkanes of at least 4 members (excludes halogenated alkanes) is 44. The van der Waals surface area contributed by atoms with E-state index in [0.717, 1.165) is 89.9 Å². The van der Waals surface area contributed by atoms with Crippen molar-refractivity contribution in [2.75, 3.05) is 13.2 Å². The Bertz CT molecular complexity index is 1340. The number of aliphatic hydroxyl groups is 2. The molecule has 0 aromatic heterocycles. The smallest absolute Gasteiger partial charge is 0.305 e. The predicted molar refractivity (Wildman–Crippen MR) is 338 cm³/mol. The minimum absolute atomic E-state index is 0.0201. The van der Waals surface area contributed by atoms with Crippen LogP contribution in [0.25, 0.3) is 0 Å². The molecule has 0 aromatic rings. The average Bonchev–Trinajstić information content (AvgIpc) is 3.43. The van der Waals surface area contributed by atoms with Crippen molar-refractivity contribution in [1.29, 1.82) is 0 Å². The van der Waals surface area contributed by atoms with Crippen LogP contribution in [0.15, 0.2) is 60.8 Å². The second-order valence-electron chi connectivity index (χ2n) is 23.1. The van der Waals surface area contributed by atoms with Gasteiger partial charge in [0.2, 0.25) is 5.91 Å². The molecule has 0 aliphatic carbocycles. The monoisotopic (exact) mass is 1080 g/mol. The highest BCUT2D eigenvalue weighted by Gasteiger charge is 2.18. The lowest BCUT2D eigenvalue weighted by Crippen LogP contribution is -2.45. The van der Waals surface area contributed by atoms with Crippen LogP contribution in [-0.4, -0.2) is 47.4 Å². The first kappa shape index (κ1) is 74.6. The molecule has 77 heavy (non-hydrogen) atoms. The normalized spacial score (nSPS) is 12.9. The summed E-state index contributed by atoms with van der Waals surface area (Å²) < 4.78 is 5.47. The molecular weight excluding hydrogens is 947 g/mol. The van der Waals surface area contributed by atoms with Crippen molar-refractivity contribution >= 4 is 11.9 Å². The highest BCUT2D eigenvalue weighted by atomic mass is 16.5. The fourth-order valence-electron chi connectivity index (χ4n) is 10.3. The summed E-state index contributed by atoms with van der Waals surface area (Å²) in [6.45, 7) is 4.85. The van der Waals surface area contributed by atoms with Gasteiger partial charge in [0, 0.05) is 12.8 Å². The third-order valence-corrected chi connectivity index (χ3v) is 15.5. The van der Waals surface area contributed by atoms with Gasteiger partial charge in [0.05, 0.1) is 25.4 Å². The molecular formula is C71H131NO5. The number of nitrogens with one attached hydrogen (secondary N) is 1. The summed E-state index contributed by atoms with van der Waals surface area (Å²) in [7, 11) is 0. The predicted octanol–water partition coefficient (Wildman–Crippen LogP) is 21.9. The Balaban J connectivity index is 3.51. The molecule has 0 heterocycles. The number of allylic oxidation sites excluding steroid dienone is 9. The number of rotatable bonds is 63. The van der Waals surface area contributed by atoms with Gasteiger partial charge >= 0.3 is 5.97 Å². The highest BCUT2D eigenvalue weighted by Crippen LogP contribution is 2.17. The van der Waals surface area contributed by atoms with Gasteiger partial charge in [-0.3, -0.25) is 9.59 Å². The highest BCUT2D eigenvalue weighted by molar-refractivity contribution is 5.76. The fourth-order valence-corrected chi connectivity index (χ4v) is 10.3. The molecule has 2 atom stereocenters. The lowest BCUT2D eigenvalue weighted by Gasteiger charge is -2.20. The summed E-state index contributed by atoms with van der Waals surface area (Å²) in [5, 5.41) is 23.2. The first-order chi connectivity index (χ1) is 38.0. The minimum Gasteiger partial charge on any atom is -0.466 e. The van der Waals surface area contributed by atoms with E-state index in [0.29, 0.717) is 19.4 Å². The lowest BCUT2D eigenvalue weighted by molar-refractivity contribution is -0.143. The van der Waals surface area contributed by atoms with Crippen LogP contribution in [0.2, 0.25) is 0 Å². The Hall–Kier alpha value is -2.44. The van der Waals surface area contributed by atoms with Crippen LogP contribution in [0.1, 0.15) is 354 Å². The molecule has 3 N–H and O–H groups in total. The van der Waals surface area contributed by atoms with Gasteiger partial charge in [-0.1, -0.05) is 299 Å². The van der Waals surface area contributed by atoms with Gasteiger partial charge in [0.25, 0.3) is 0 Å². The zero-order valence-electron chi connectivity index (χ0n) is 51.4. The van der Waals surface area contributed by atoms with Crippen molar-refractivity contribution in [2.24, 2.45) is 0 Å². The summed E-state index contributed by atoms with van der Waals surface area (Å²) >= 11 is 0. The van der Waals surface area contributed by atoms with Gasteiger partial charge in [0.15, 0.2) is 0 Å². The maximum Gasteiger partial charge on any atom is 0.305 e. The molecule has 0 radical (unpaired) electrons. The minimum atomic E-state index is -0.858. The fraction of sp³-hybridized carbons (Fsp3) is 0.831. The topological polar surface area (TPSA) is 95.9 Å². The average molecular weight is 1080 g/mol. The van der Waals surface area contributed by atoms with E-state index in [1.54, 1.807) is 6.08 Å². The van der Waals surface area contributed by atoms with Crippen LogP contribution in [0.5, 0.6) is 0 Å². The van der Waals surface area contributed by atoms with Crippen molar-refractivity contribution in [3.05, 3.63) is 60.8 Å². The SMILES string of the molecule is CCCCC/C=C\C/C=C\CCCCCCCCCCCC(=O)OCCCCC/C=C\C/C=C\CCCCCCCCCC(=O)NC(CO)C(O)/C=C/CCCCCCCCCCCCCCCCCCCCCCCC. The van der Waals surface area contributed by atoms with Gasteiger partial charge in [-0.05, 0) is 103 Å². The van der Waals surface area contributed by atoms with Crippen LogP contribution in [0.3, 0.4) is 0 Å². The van der Waals surface area contributed by atoms with E-state index in [9.17, 15) is 19.8 Å². The first-order valence-corrected chi connectivity index (χ1v) is 34.1. The van der Waals surface area contributed by atoms with E-state index >= 15 is 0 Å². The summed E-state index contributed by atoms with van der Waals surface area (Å²) in [5.41, 5.74) is 0. The molecule has 0 spiro atoms. The number of ether oxygens (including phenoxy) is 1. The zero-order valence-corrected chi connectivity index (χ0v) is 51.4. The number of hydrogen-bond donors (Lipinski definition) is 3. The van der Waals surface area contributed by atoms with Crippen molar-refractivity contribution < 1.29 is 24.5 Å². The summed E-state index contributed by atoms with van der Waals surface area (Å²) in [6, 6.07) is -0.643. The molecule has 0 aliphatic rings. The molecule has 450 valence electrons. The summed E-state index contributed by atoms with van der Waals surface area (Å²) in [5.74, 6) is -0.102. The van der Waals surface area contributed by atoms with Crippen LogP contribution >= 0.6 is 0 Å². The second kappa shape index (κ2) is 66.1. The third kappa shape index (κ3) is 62.6. The molecule has 0 bridgehead atoms. The van der Waals surface area contributed by atoms with Crippen molar-refractivity contribution in [3.8, 4) is 0 Å². The molecule has 2 unspecified atom stereocenters. The van der Waals surface area contributed by atoms with Gasteiger partial charge in [-0.15, -0.1) is 0 Å². The Morgan fingerprint density at radius 3 is 1.01 bits per heavy atom. The first-order valence-electron chi connectivity index (χ1n) is 34.1. The van der Waals surface area contributed by atoms with Gasteiger partial charge in [-0.2, -0.15) is 0 Å². The third-order valence-electron chi connectivity index (χ3n) is 15.5. The Morgan fingerprint density at radius 2 is 0.649 bits per heavy atom. The van der Waals surface area contributed by atoms with E-state index in [-0.39, 0.29) is 18.5 Å². The van der Waals surface area contributed by atoms with E-state index < -0.39 is 12.1 Å². The van der Waals surface area contributed by atoms with Crippen LogP contribution < -0.4 is 5.32 Å². The molecule has 0 aromatic carbocycles. The number of hydrogen-bond acceptors (Lipinski definition) is 5. The molecule has 0 rings (SSSR count). The summed E-state index contributed by atoms with van der Waals surface area (Å²) in [6.07, 6.45) is 87.1. The zero-order chi connectivity index (χ0) is 55.7. The maximum absolute atomic E-state index is 12.5. The van der Waals surface area contributed by atoms with E-state index in [2.05, 4.69) is 67.8 Å². The summed E-state index contributed by atoms with van der Waals surface area (Å²) in [4.78, 5) is 24.6. The van der Waals surface area contributed by atoms with Crippen molar-refractivity contribution in [3.63, 3.8) is 0 Å². The number of aliphatic hydroxyl groups excluding tert-OH is 2. The largest absolute Gasteiger partial charge is 0.466 e. The van der Waals surface area contributed by atoms with Crippen molar-refractivity contribution in [2.45, 2.75) is 366 Å². The maximum atomic E-state index is 12.5. The Morgan fingerprint density at radius 1 is 0.364 bits per heavy atom. The Labute approximate surface area is 479 Å². The Kier molecular flexibility index (Phi) is 64.0. The molecule has 0 aliphatic heterocycles. The number of amides is 1. The number of esters is 1. The quantitative estimate of drug-likeness (QED) is 0.0320. The van der Waals surface area contributed by atoms with Gasteiger partial charge in [-0.25, -0.2) is 0 Å². The molecule has 0 fully saturated rings. The van der Waals surface area contributed by atoms with Crippen LogP contribution in [-0.2, 0) is 14.3 Å². The standard InChI is InChI=1S/C71H131NO5/c1-3-5-7-9-11-13-15-17-19-21-23-24-25-26-27-29-31-35-39-43-47-51-55-59-63-69(74)68(67-73)72-70(75)64-60-56-52-48-44-40-36-32-30-34-38-42-46-50-54-58-62-66-77-71(76)65-61-57-53-49-45-41-37-33-28-22-20-18-16-14-12-10-8-6-4-2/h12,14,18,20,30,34,42,46,59,63,68-69,73-74H,3-11,13,15-17,19,21-29,31-33,35-41,43-45,47-58,60-62,64-67H2,1-2H3,(H,72,75)/b14-12-,20-18-,34-30-,46-42-,63-59+. The second-order valence-corrected chi connectivity index (χ2v) is 23.1. The van der Waals surface area contributed by atoms with Gasteiger partial charge < -0.3 is 20.3 Å². The molecule has 6 nitrogen and oxygen atoms in total. The molecule has 0 saturated carbocycles. The lowest BCUT2D eigenvalue weighted by atomic mass is 10.0. The van der Waals surface area contributed by atoms with Gasteiger partial charge in [0.1, 0.15) is 0 Å². The van der Waals surface area contributed by atoms with Crippen LogP contribution in [0, 0.1) is 0 Å². The molecule has 6 heteroatoms. The van der Waals surface area contributed by atoms with Crippen LogP contribution in [0.4, 0.5) is 0 Å². The van der Waals surface area contributed by atoms with E-state index in [1.807, 2.05) is 6.08 Å².